The van der Waals surface area contributed by atoms with Gasteiger partial charge in [-0.2, -0.15) is 27.1 Å². The Hall–Kier alpha value is -7.38. The largest absolute Gasteiger partial charge is 0.478 e. The minimum Gasteiger partial charge on any atom is -0.478 e. The van der Waals surface area contributed by atoms with Gasteiger partial charge in [-0.15, -0.1) is 0 Å². The van der Waals surface area contributed by atoms with Crippen LogP contribution in [-0.4, -0.2) is 64.8 Å². The van der Waals surface area contributed by atoms with Gasteiger partial charge in [-0.3, -0.25) is 23.6 Å². The first-order valence-corrected chi connectivity index (χ1v) is 20.0. The van der Waals surface area contributed by atoms with Crippen LogP contribution in [0.5, 0.6) is 0 Å². The smallest absolute Gasteiger partial charge is 0.335 e. The van der Waals surface area contributed by atoms with Crippen molar-refractivity contribution < 1.29 is 55.3 Å². The molecule has 0 bridgehead atoms. The fourth-order valence-corrected chi connectivity index (χ4v) is 7.61. The van der Waals surface area contributed by atoms with Gasteiger partial charge in [0.1, 0.15) is 4.90 Å². The first-order chi connectivity index (χ1) is 27.9. The molecule has 16 nitrogen and oxygen atoms in total. The molecule has 0 aromatic heterocycles. The number of aromatic carboxylic acids is 2. The van der Waals surface area contributed by atoms with Crippen LogP contribution in [0.4, 0.5) is 17.1 Å². The average Bonchev–Trinajstić information content (AvgIpc) is 3.20. The molecule has 0 spiro atoms. The molecule has 6 aromatic rings. The van der Waals surface area contributed by atoms with Crippen molar-refractivity contribution >= 4 is 84.0 Å². The zero-order valence-electron chi connectivity index (χ0n) is 30.0. The maximum absolute atomic E-state index is 13.6. The van der Waals surface area contributed by atoms with Crippen LogP contribution in [-0.2, 0) is 26.8 Å². The Morgan fingerprint density at radius 2 is 1.12 bits per heavy atom. The van der Waals surface area contributed by atoms with Gasteiger partial charge in [0.2, 0.25) is 0 Å². The van der Waals surface area contributed by atoms with E-state index in [9.17, 15) is 55.3 Å². The molecule has 0 saturated heterocycles. The summed E-state index contributed by atoms with van der Waals surface area (Å²) < 4.78 is 67.9. The zero-order chi connectivity index (χ0) is 42.4. The Balaban J connectivity index is 1.04. The minimum atomic E-state index is -5.01. The van der Waals surface area contributed by atoms with E-state index in [2.05, 4.69) is 10.2 Å². The molecule has 1 aliphatic rings. The monoisotopic (exact) mass is 832 g/mol. The molecule has 18 heteroatoms. The first-order valence-electron chi connectivity index (χ1n) is 17.1. The molecule has 0 radical (unpaired) electrons. The highest BCUT2D eigenvalue weighted by atomic mass is 32.2. The number of azo groups is 1. The molecule has 0 fully saturated rings. The SMILES string of the molecule is Nc1c(S(=O)(=O)O)cc2c3c(cc(S(=O)(=O)O)cc13)C(=O)N(Cc1ccc(N=Nc3ccc(-c4ccc(/C=C/c5cc(C(=O)O)cc(C(=O)O)c5)cc4)cc3)cc1)C2=O. The number of carboxylic acid groups (broad SMARTS) is 2. The first kappa shape index (κ1) is 39.8. The minimum absolute atomic E-state index is 0.131. The van der Waals surface area contributed by atoms with Crippen LogP contribution in [0, 0.1) is 0 Å². The Labute approximate surface area is 334 Å². The highest BCUT2D eigenvalue weighted by Crippen LogP contribution is 2.39. The summed E-state index contributed by atoms with van der Waals surface area (Å²) in [5.74, 6) is -4.33. The van der Waals surface area contributed by atoms with Gasteiger partial charge in [0, 0.05) is 10.8 Å². The molecule has 296 valence electrons. The molecule has 0 aliphatic carbocycles. The second-order valence-electron chi connectivity index (χ2n) is 13.2. The summed E-state index contributed by atoms with van der Waals surface area (Å²) >= 11 is 0. The maximum atomic E-state index is 13.6. The number of carbonyl (C=O) groups excluding carboxylic acids is 2. The molecule has 1 aliphatic heterocycles. The van der Waals surface area contributed by atoms with Crippen molar-refractivity contribution in [2.75, 3.05) is 5.73 Å². The molecular formula is C41H28N4O12S2. The predicted molar refractivity (Wildman–Crippen MR) is 214 cm³/mol. The van der Waals surface area contributed by atoms with Gasteiger partial charge in [-0.05, 0) is 88.5 Å². The van der Waals surface area contributed by atoms with Crippen LogP contribution in [0.1, 0.15) is 58.1 Å². The van der Waals surface area contributed by atoms with Gasteiger partial charge in [0.15, 0.2) is 0 Å². The third-order valence-corrected chi connectivity index (χ3v) is 11.1. The fraction of sp³-hybridized carbons (Fsp3) is 0.0244. The number of nitrogens with zero attached hydrogens (tertiary/aromatic N) is 3. The molecule has 6 aromatic carbocycles. The second-order valence-corrected chi connectivity index (χ2v) is 16.0. The Morgan fingerprint density at radius 3 is 1.63 bits per heavy atom. The van der Waals surface area contributed by atoms with Gasteiger partial charge in [-0.1, -0.05) is 60.7 Å². The lowest BCUT2D eigenvalue weighted by Gasteiger charge is -2.28. The predicted octanol–water partition coefficient (Wildman–Crippen LogP) is 7.36. The van der Waals surface area contributed by atoms with E-state index >= 15 is 0 Å². The highest BCUT2D eigenvalue weighted by molar-refractivity contribution is 7.86. The van der Waals surface area contributed by atoms with Crippen LogP contribution in [0.25, 0.3) is 34.1 Å². The number of nitrogens with two attached hydrogens (primary N) is 1. The zero-order valence-corrected chi connectivity index (χ0v) is 31.7. The van der Waals surface area contributed by atoms with E-state index < -0.39 is 59.5 Å². The van der Waals surface area contributed by atoms with E-state index in [0.717, 1.165) is 45.9 Å². The van der Waals surface area contributed by atoms with Gasteiger partial charge in [-0.25, -0.2) is 9.59 Å². The van der Waals surface area contributed by atoms with Gasteiger partial charge < -0.3 is 15.9 Å². The third kappa shape index (κ3) is 8.22. The molecule has 1 heterocycles. The lowest BCUT2D eigenvalue weighted by molar-refractivity contribution is 0.0594. The number of amides is 2. The van der Waals surface area contributed by atoms with Crippen molar-refractivity contribution in [1.82, 2.24) is 4.90 Å². The number of hydrogen-bond donors (Lipinski definition) is 5. The number of imide groups is 1. The third-order valence-electron chi connectivity index (χ3n) is 9.33. The number of benzene rings is 6. The van der Waals surface area contributed by atoms with Crippen molar-refractivity contribution in [2.45, 2.75) is 16.3 Å². The van der Waals surface area contributed by atoms with E-state index in [4.69, 9.17) is 5.73 Å². The molecule has 6 N–H and O–H groups in total. The second kappa shape index (κ2) is 15.2. The number of carbonyl (C=O) groups is 4. The Kier molecular flexibility index (Phi) is 10.2. The van der Waals surface area contributed by atoms with Crippen molar-refractivity contribution in [1.29, 1.82) is 0 Å². The summed E-state index contributed by atoms with van der Waals surface area (Å²) in [5, 5.41) is 26.7. The number of carboxylic acids is 2. The lowest BCUT2D eigenvalue weighted by atomic mass is 9.92. The molecule has 59 heavy (non-hydrogen) atoms. The van der Waals surface area contributed by atoms with E-state index in [-0.39, 0.29) is 39.6 Å². The van der Waals surface area contributed by atoms with Crippen molar-refractivity contribution in [2.24, 2.45) is 10.2 Å². The van der Waals surface area contributed by atoms with E-state index in [1.54, 1.807) is 48.6 Å². The lowest BCUT2D eigenvalue weighted by Crippen LogP contribution is -2.40. The molecule has 0 atom stereocenters. The van der Waals surface area contributed by atoms with Gasteiger partial charge >= 0.3 is 11.9 Å². The molecule has 0 saturated carbocycles. The number of nitrogen functional groups attached to an aromatic ring is 1. The molecule has 2 amide bonds. The summed E-state index contributed by atoms with van der Waals surface area (Å²) in [6.07, 6.45) is 3.37. The van der Waals surface area contributed by atoms with Crippen LogP contribution in [0.2, 0.25) is 0 Å². The summed E-state index contributed by atoms with van der Waals surface area (Å²) in [6.45, 7) is -0.329. The number of anilines is 1. The van der Waals surface area contributed by atoms with Crippen molar-refractivity contribution in [3.8, 4) is 11.1 Å². The number of hydrogen-bond acceptors (Lipinski definition) is 11. The average molecular weight is 833 g/mol. The van der Waals surface area contributed by atoms with Gasteiger partial charge in [0.25, 0.3) is 32.1 Å². The summed E-state index contributed by atoms with van der Waals surface area (Å²) in [5.41, 5.74) is 8.81. The van der Waals surface area contributed by atoms with Crippen LogP contribution in [0.3, 0.4) is 0 Å². The van der Waals surface area contributed by atoms with Crippen molar-refractivity contribution in [3.05, 3.63) is 148 Å². The summed E-state index contributed by atoms with van der Waals surface area (Å²) in [7, 11) is -9.93. The van der Waals surface area contributed by atoms with E-state index in [1.165, 1.54) is 12.1 Å². The van der Waals surface area contributed by atoms with Crippen LogP contribution < -0.4 is 5.73 Å². The normalized spacial score (nSPS) is 13.2. The Bertz CT molecular complexity index is 3000. The Morgan fingerprint density at radius 1 is 0.627 bits per heavy atom. The van der Waals surface area contributed by atoms with Crippen LogP contribution in [0.15, 0.2) is 129 Å². The number of rotatable bonds is 11. The topological polar surface area (TPSA) is 271 Å². The highest BCUT2D eigenvalue weighted by Gasteiger charge is 2.37. The molecule has 0 unspecified atom stereocenters. The van der Waals surface area contributed by atoms with E-state index in [1.807, 2.05) is 36.4 Å². The fourth-order valence-electron chi connectivity index (χ4n) is 6.42. The summed E-state index contributed by atoms with van der Waals surface area (Å²) in [6, 6.07) is 27.4. The van der Waals surface area contributed by atoms with E-state index in [0.29, 0.717) is 22.5 Å². The molecule has 7 rings (SSSR count). The molecular weight excluding hydrogens is 805 g/mol. The van der Waals surface area contributed by atoms with Gasteiger partial charge in [0.05, 0.1) is 50.8 Å². The maximum Gasteiger partial charge on any atom is 0.335 e. The summed E-state index contributed by atoms with van der Waals surface area (Å²) in [4.78, 5) is 49.2. The van der Waals surface area contributed by atoms with Crippen LogP contribution >= 0.6 is 0 Å². The standard InChI is InChI=1S/C41H28N4O12S2/c42-37-32-18-31(58(52,53)54)19-33-36(32)34(20-35(37)59(55,56)57)39(47)45(38(33)46)21-23-5-11-29(12-6-23)43-44-30-13-9-26(10-14-30)25-7-3-22(4-8-25)1-2-24-15-27(40(48)49)17-28(16-24)41(50)51/h1-20H,21,42H2,(H,48,49)(H,50,51)(H,52,53,54)(H,55,56,57)/b2-1+,44-43?. The quantitative estimate of drug-likeness (QED) is 0.0281. The van der Waals surface area contributed by atoms with Crippen molar-refractivity contribution in [3.63, 3.8) is 0 Å².